The fraction of sp³-hybridized carbons (Fsp3) is 0. The van der Waals surface area contributed by atoms with Gasteiger partial charge in [-0.05, 0) is 98.9 Å². The van der Waals surface area contributed by atoms with Gasteiger partial charge in [0.25, 0.3) is 0 Å². The molecule has 0 saturated heterocycles. The first-order valence-corrected chi connectivity index (χ1v) is 20.6. The fourth-order valence-electron chi connectivity index (χ4n) is 8.86. The van der Waals surface area contributed by atoms with E-state index >= 15 is 0 Å². The monoisotopic (exact) mass is 764 g/mol. The molecule has 0 amide bonds. The van der Waals surface area contributed by atoms with E-state index in [2.05, 4.69) is 252 Å². The molecule has 11 aromatic rings. The minimum absolute atomic E-state index is 1.11. The van der Waals surface area contributed by atoms with Crippen LogP contribution in [-0.2, 0) is 0 Å². The molecule has 2 nitrogen and oxygen atoms in total. The van der Waals surface area contributed by atoms with Crippen LogP contribution >= 0.6 is 0 Å². The Balaban J connectivity index is 0.941. The van der Waals surface area contributed by atoms with Crippen molar-refractivity contribution in [1.82, 2.24) is 4.57 Å². The normalized spacial score (nSPS) is 11.3. The molecule has 0 bridgehead atoms. The van der Waals surface area contributed by atoms with Crippen LogP contribution in [0.3, 0.4) is 0 Å². The summed E-state index contributed by atoms with van der Waals surface area (Å²) in [6.07, 6.45) is 0. The molecule has 0 aliphatic heterocycles. The first-order valence-electron chi connectivity index (χ1n) is 20.6. The van der Waals surface area contributed by atoms with Gasteiger partial charge in [-0.2, -0.15) is 0 Å². The number of benzene rings is 10. The average molecular weight is 765 g/mol. The molecule has 0 radical (unpaired) electrons. The Hall–Kier alpha value is -7.94. The summed E-state index contributed by atoms with van der Waals surface area (Å²) in [5, 5.41) is 4.94. The van der Waals surface area contributed by atoms with E-state index in [0.29, 0.717) is 0 Å². The quantitative estimate of drug-likeness (QED) is 0.150. The molecule has 1 aromatic heterocycles. The van der Waals surface area contributed by atoms with Gasteiger partial charge in [0, 0.05) is 33.1 Å². The lowest BCUT2D eigenvalue weighted by Crippen LogP contribution is -2.10. The summed E-state index contributed by atoms with van der Waals surface area (Å²) < 4.78 is 2.43. The maximum absolute atomic E-state index is 2.43. The standard InChI is InChI=1S/C58H40N2/c1-3-14-41(15-4-1)44-30-35-49(36-31-44)59(55-25-13-19-46-18-7-8-20-51(46)55)50-37-32-45(33-38-50)43-26-28-47(29-27-43)52-21-9-11-23-56(52)60-57-24-12-10-22-53(57)54-40-48(34-39-58(54)60)42-16-5-2-6-17-42/h1-40H. The van der Waals surface area contributed by atoms with E-state index in [1.54, 1.807) is 0 Å². The lowest BCUT2D eigenvalue weighted by Gasteiger charge is -2.27. The number of hydrogen-bond acceptors (Lipinski definition) is 1. The minimum atomic E-state index is 1.11. The van der Waals surface area contributed by atoms with Crippen LogP contribution in [0.5, 0.6) is 0 Å². The molecule has 11 rings (SSSR count). The first-order chi connectivity index (χ1) is 29.8. The summed E-state index contributed by atoms with van der Waals surface area (Å²) in [5.41, 5.74) is 16.5. The summed E-state index contributed by atoms with van der Waals surface area (Å²) in [7, 11) is 0. The zero-order valence-electron chi connectivity index (χ0n) is 33.0. The molecule has 60 heavy (non-hydrogen) atoms. The number of anilines is 3. The molecule has 1 heterocycles. The summed E-state index contributed by atoms with van der Waals surface area (Å²) in [6, 6.07) is 87.7. The molecule has 282 valence electrons. The molecular formula is C58H40N2. The molecule has 0 aliphatic carbocycles. The van der Waals surface area contributed by atoms with Gasteiger partial charge in [-0.3, -0.25) is 0 Å². The van der Waals surface area contributed by atoms with Crippen molar-refractivity contribution in [3.8, 4) is 50.2 Å². The van der Waals surface area contributed by atoms with Gasteiger partial charge in [0.05, 0.1) is 22.4 Å². The summed E-state index contributed by atoms with van der Waals surface area (Å²) in [6.45, 7) is 0. The Morgan fingerprint density at radius 3 is 1.43 bits per heavy atom. The van der Waals surface area contributed by atoms with Crippen LogP contribution < -0.4 is 4.90 Å². The largest absolute Gasteiger partial charge is 0.310 e. The van der Waals surface area contributed by atoms with Crippen LogP contribution in [-0.4, -0.2) is 4.57 Å². The highest BCUT2D eigenvalue weighted by molar-refractivity contribution is 6.11. The van der Waals surface area contributed by atoms with Gasteiger partial charge in [-0.25, -0.2) is 0 Å². The lowest BCUT2D eigenvalue weighted by atomic mass is 9.98. The predicted octanol–water partition coefficient (Wildman–Crippen LogP) is 16.1. The summed E-state index contributed by atoms with van der Waals surface area (Å²) >= 11 is 0. The second-order valence-electron chi connectivity index (χ2n) is 15.3. The minimum Gasteiger partial charge on any atom is -0.310 e. The van der Waals surface area contributed by atoms with E-state index in [9.17, 15) is 0 Å². The molecule has 0 unspecified atom stereocenters. The van der Waals surface area contributed by atoms with Crippen molar-refractivity contribution >= 4 is 49.6 Å². The second-order valence-corrected chi connectivity index (χ2v) is 15.3. The molecular weight excluding hydrogens is 725 g/mol. The van der Waals surface area contributed by atoms with E-state index in [-0.39, 0.29) is 0 Å². The molecule has 0 N–H and O–H groups in total. The number of para-hydroxylation sites is 2. The predicted molar refractivity (Wildman–Crippen MR) is 255 cm³/mol. The number of hydrogen-bond donors (Lipinski definition) is 0. The number of nitrogens with zero attached hydrogens (tertiary/aromatic N) is 2. The SMILES string of the molecule is c1ccc(-c2ccc(N(c3ccc(-c4ccc(-c5ccccc5-n5c6ccccc6c6cc(-c7ccccc7)ccc65)cc4)cc3)c3cccc4ccccc34)cc2)cc1. The van der Waals surface area contributed by atoms with E-state index in [1.165, 1.54) is 82.8 Å². The van der Waals surface area contributed by atoms with Gasteiger partial charge < -0.3 is 9.47 Å². The Morgan fingerprint density at radius 2 is 0.750 bits per heavy atom. The zero-order valence-corrected chi connectivity index (χ0v) is 33.0. The van der Waals surface area contributed by atoms with Gasteiger partial charge >= 0.3 is 0 Å². The third-order valence-electron chi connectivity index (χ3n) is 11.8. The van der Waals surface area contributed by atoms with Gasteiger partial charge in [0.15, 0.2) is 0 Å². The van der Waals surface area contributed by atoms with E-state index in [1.807, 2.05) is 0 Å². The highest BCUT2D eigenvalue weighted by atomic mass is 15.1. The molecule has 2 heteroatoms. The van der Waals surface area contributed by atoms with Crippen molar-refractivity contribution < 1.29 is 0 Å². The Kier molecular flexibility index (Phi) is 8.87. The maximum Gasteiger partial charge on any atom is 0.0541 e. The molecule has 0 atom stereocenters. The third-order valence-corrected chi connectivity index (χ3v) is 11.8. The summed E-state index contributed by atoms with van der Waals surface area (Å²) in [4.78, 5) is 2.37. The zero-order chi connectivity index (χ0) is 39.8. The van der Waals surface area contributed by atoms with Crippen molar-refractivity contribution in [2.45, 2.75) is 0 Å². The van der Waals surface area contributed by atoms with Crippen molar-refractivity contribution in [1.29, 1.82) is 0 Å². The maximum atomic E-state index is 2.43. The van der Waals surface area contributed by atoms with Crippen LogP contribution in [0.1, 0.15) is 0 Å². The molecule has 0 spiro atoms. The van der Waals surface area contributed by atoms with E-state index < -0.39 is 0 Å². The molecule has 0 fully saturated rings. The molecule has 0 aliphatic rings. The highest BCUT2D eigenvalue weighted by Gasteiger charge is 2.18. The van der Waals surface area contributed by atoms with Gasteiger partial charge in [-0.1, -0.05) is 188 Å². The highest BCUT2D eigenvalue weighted by Crippen LogP contribution is 2.41. The van der Waals surface area contributed by atoms with E-state index in [0.717, 1.165) is 17.1 Å². The van der Waals surface area contributed by atoms with Gasteiger partial charge in [0.1, 0.15) is 0 Å². The third kappa shape index (κ3) is 6.32. The molecule has 0 saturated carbocycles. The Morgan fingerprint density at radius 1 is 0.283 bits per heavy atom. The van der Waals surface area contributed by atoms with Crippen molar-refractivity contribution in [2.24, 2.45) is 0 Å². The Labute approximate surface area is 350 Å². The van der Waals surface area contributed by atoms with Crippen LogP contribution in [0.15, 0.2) is 243 Å². The first kappa shape index (κ1) is 35.2. The summed E-state index contributed by atoms with van der Waals surface area (Å²) in [5.74, 6) is 0. The van der Waals surface area contributed by atoms with Crippen molar-refractivity contribution in [3.63, 3.8) is 0 Å². The van der Waals surface area contributed by atoms with E-state index in [4.69, 9.17) is 0 Å². The Bertz CT molecular complexity index is 3270. The lowest BCUT2D eigenvalue weighted by molar-refractivity contribution is 1.18. The average Bonchev–Trinajstić information content (AvgIpc) is 3.66. The smallest absolute Gasteiger partial charge is 0.0541 e. The van der Waals surface area contributed by atoms with Crippen molar-refractivity contribution in [2.75, 3.05) is 4.90 Å². The van der Waals surface area contributed by atoms with Crippen LogP contribution in [0.25, 0.3) is 82.8 Å². The molecule has 10 aromatic carbocycles. The van der Waals surface area contributed by atoms with Crippen LogP contribution in [0.4, 0.5) is 17.1 Å². The van der Waals surface area contributed by atoms with Crippen LogP contribution in [0.2, 0.25) is 0 Å². The van der Waals surface area contributed by atoms with Gasteiger partial charge in [-0.15, -0.1) is 0 Å². The number of fused-ring (bicyclic) bond motifs is 4. The second kappa shape index (κ2) is 15.1. The topological polar surface area (TPSA) is 8.17 Å². The van der Waals surface area contributed by atoms with Crippen molar-refractivity contribution in [3.05, 3.63) is 243 Å². The fourth-order valence-corrected chi connectivity index (χ4v) is 8.86. The van der Waals surface area contributed by atoms with Crippen LogP contribution in [0, 0.1) is 0 Å². The number of aromatic nitrogens is 1. The number of rotatable bonds is 8. The van der Waals surface area contributed by atoms with Gasteiger partial charge in [0.2, 0.25) is 0 Å².